The van der Waals surface area contributed by atoms with Crippen molar-refractivity contribution >= 4 is 23.0 Å². The quantitative estimate of drug-likeness (QED) is 0.673. The second kappa shape index (κ2) is 7.23. The maximum atomic E-state index is 13.4. The van der Waals surface area contributed by atoms with E-state index in [0.29, 0.717) is 33.9 Å². The van der Waals surface area contributed by atoms with Crippen LogP contribution in [0.1, 0.15) is 55.5 Å². The highest BCUT2D eigenvalue weighted by molar-refractivity contribution is 6.07. The maximum absolute atomic E-state index is 13.4. The molecule has 2 aromatic heterocycles. The second-order valence-corrected chi connectivity index (χ2v) is 8.76. The Morgan fingerprint density at radius 3 is 2.40 bits per heavy atom. The van der Waals surface area contributed by atoms with Crippen LogP contribution in [0.4, 0.5) is 10.1 Å². The van der Waals surface area contributed by atoms with Gasteiger partial charge in [0.2, 0.25) is 5.91 Å². The number of fused-ring (bicyclic) bond motifs is 1. The van der Waals surface area contributed by atoms with Gasteiger partial charge in [-0.25, -0.2) is 8.91 Å². The van der Waals surface area contributed by atoms with Crippen LogP contribution in [0.25, 0.3) is 16.8 Å². The Balaban J connectivity index is 1.91. The zero-order valence-electron chi connectivity index (χ0n) is 17.5. The maximum Gasteiger partial charge on any atom is 0.255 e. The van der Waals surface area contributed by atoms with Crippen LogP contribution >= 0.6 is 0 Å². The van der Waals surface area contributed by atoms with Gasteiger partial charge in [-0.15, -0.1) is 0 Å². The number of carbonyl (C=O) groups excluding carboxylic acids is 2. The molecule has 0 atom stereocenters. The minimum atomic E-state index is -0.535. The van der Waals surface area contributed by atoms with Gasteiger partial charge < -0.3 is 10.6 Å². The third-order valence-electron chi connectivity index (χ3n) is 5.32. The van der Waals surface area contributed by atoms with Crippen molar-refractivity contribution in [3.05, 3.63) is 53.5 Å². The molecule has 6 nitrogen and oxygen atoms in total. The van der Waals surface area contributed by atoms with Gasteiger partial charge in [0, 0.05) is 18.0 Å². The molecule has 0 spiro atoms. The molecule has 30 heavy (non-hydrogen) atoms. The van der Waals surface area contributed by atoms with E-state index in [9.17, 15) is 14.0 Å². The molecule has 0 saturated heterocycles. The number of hydrogen-bond donors (Lipinski definition) is 2. The van der Waals surface area contributed by atoms with Gasteiger partial charge in [-0.2, -0.15) is 5.10 Å². The number of benzene rings is 1. The lowest BCUT2D eigenvalue weighted by atomic mass is 9.95. The van der Waals surface area contributed by atoms with Crippen LogP contribution in [-0.4, -0.2) is 28.5 Å². The van der Waals surface area contributed by atoms with Gasteiger partial charge in [0.1, 0.15) is 11.5 Å². The average molecular weight is 408 g/mol. The standard InChI is InChI=1S/C23H25FN4O2/c1-23(2,3)22(30)26-17-12-28-18(11-16(17)13-5-6-13)19(21(29)25-4)20(27-28)14-7-9-15(24)10-8-14/h7-13H,5-6H2,1-4H3,(H,25,29)(H,26,30). The fourth-order valence-corrected chi connectivity index (χ4v) is 3.41. The fraction of sp³-hybridized carbons (Fsp3) is 0.348. The molecule has 0 aliphatic heterocycles. The van der Waals surface area contributed by atoms with Crippen LogP contribution in [0.2, 0.25) is 0 Å². The lowest BCUT2D eigenvalue weighted by Crippen LogP contribution is -2.28. The van der Waals surface area contributed by atoms with Crippen molar-refractivity contribution in [2.45, 2.75) is 39.5 Å². The van der Waals surface area contributed by atoms with Crippen LogP contribution in [-0.2, 0) is 4.79 Å². The first-order valence-electron chi connectivity index (χ1n) is 10.0. The number of aromatic nitrogens is 2. The van der Waals surface area contributed by atoms with E-state index in [0.717, 1.165) is 18.4 Å². The summed E-state index contributed by atoms with van der Waals surface area (Å²) in [4.78, 5) is 25.3. The molecule has 1 saturated carbocycles. The molecular formula is C23H25FN4O2. The van der Waals surface area contributed by atoms with Crippen molar-refractivity contribution in [3.63, 3.8) is 0 Å². The Labute approximate surface area is 174 Å². The summed E-state index contributed by atoms with van der Waals surface area (Å²) in [6, 6.07) is 7.84. The third-order valence-corrected chi connectivity index (χ3v) is 5.32. The molecular weight excluding hydrogens is 383 g/mol. The van der Waals surface area contributed by atoms with E-state index in [1.165, 1.54) is 12.1 Å². The monoisotopic (exact) mass is 408 g/mol. The van der Waals surface area contributed by atoms with E-state index < -0.39 is 5.41 Å². The molecule has 0 unspecified atom stereocenters. The SMILES string of the molecule is CNC(=O)c1c(-c2ccc(F)cc2)nn2cc(NC(=O)C(C)(C)C)c(C3CC3)cc12. The third kappa shape index (κ3) is 3.67. The Morgan fingerprint density at radius 2 is 1.83 bits per heavy atom. The summed E-state index contributed by atoms with van der Waals surface area (Å²) in [6.07, 6.45) is 3.86. The highest BCUT2D eigenvalue weighted by Crippen LogP contribution is 2.45. The summed E-state index contributed by atoms with van der Waals surface area (Å²) in [5, 5.41) is 10.3. The Kier molecular flexibility index (Phi) is 4.84. The summed E-state index contributed by atoms with van der Waals surface area (Å²) in [6.45, 7) is 5.59. The van der Waals surface area contributed by atoms with Crippen molar-refractivity contribution < 1.29 is 14.0 Å². The summed E-state index contributed by atoms with van der Waals surface area (Å²) in [7, 11) is 1.57. The van der Waals surface area contributed by atoms with Gasteiger partial charge in [0.25, 0.3) is 5.91 Å². The summed E-state index contributed by atoms with van der Waals surface area (Å²) in [5.41, 5.74) is 3.38. The molecule has 0 bridgehead atoms. The van der Waals surface area contributed by atoms with Crippen LogP contribution in [0, 0.1) is 11.2 Å². The molecule has 4 rings (SSSR count). The van der Waals surface area contributed by atoms with Crippen molar-refractivity contribution in [3.8, 4) is 11.3 Å². The highest BCUT2D eigenvalue weighted by atomic mass is 19.1. The number of hydrogen-bond acceptors (Lipinski definition) is 3. The van der Waals surface area contributed by atoms with Gasteiger partial charge in [-0.05, 0) is 54.7 Å². The van der Waals surface area contributed by atoms with E-state index in [2.05, 4.69) is 15.7 Å². The fourth-order valence-electron chi connectivity index (χ4n) is 3.41. The Hall–Kier alpha value is -3.22. The van der Waals surface area contributed by atoms with Crippen LogP contribution < -0.4 is 10.6 Å². The zero-order valence-corrected chi connectivity index (χ0v) is 17.5. The average Bonchev–Trinajstić information content (AvgIpc) is 3.47. The van der Waals surface area contributed by atoms with Gasteiger partial charge in [0.15, 0.2) is 0 Å². The van der Waals surface area contributed by atoms with Gasteiger partial charge in [-0.3, -0.25) is 9.59 Å². The number of nitrogens with one attached hydrogen (secondary N) is 2. The van der Waals surface area contributed by atoms with E-state index in [1.54, 1.807) is 29.9 Å². The number of nitrogens with zero attached hydrogens (tertiary/aromatic N) is 2. The lowest BCUT2D eigenvalue weighted by molar-refractivity contribution is -0.123. The molecule has 1 aliphatic carbocycles. The predicted octanol–water partition coefficient (Wildman–Crippen LogP) is 4.36. The predicted molar refractivity (Wildman–Crippen MR) is 114 cm³/mol. The molecule has 2 heterocycles. The van der Waals surface area contributed by atoms with Crippen LogP contribution in [0.5, 0.6) is 0 Å². The molecule has 3 aromatic rings. The molecule has 2 amide bonds. The number of amides is 2. The van der Waals surface area contributed by atoms with Gasteiger partial charge in [-0.1, -0.05) is 20.8 Å². The Morgan fingerprint density at radius 1 is 1.17 bits per heavy atom. The summed E-state index contributed by atoms with van der Waals surface area (Å²) in [5.74, 6) is -0.349. The van der Waals surface area contributed by atoms with Gasteiger partial charge in [0.05, 0.1) is 23.0 Å². The normalized spacial score (nSPS) is 14.0. The first-order valence-corrected chi connectivity index (χ1v) is 10.0. The number of halogens is 1. The van der Waals surface area contributed by atoms with E-state index in [-0.39, 0.29) is 17.6 Å². The van der Waals surface area contributed by atoms with E-state index >= 15 is 0 Å². The number of anilines is 1. The van der Waals surface area contributed by atoms with Crippen molar-refractivity contribution in [2.75, 3.05) is 12.4 Å². The second-order valence-electron chi connectivity index (χ2n) is 8.76. The highest BCUT2D eigenvalue weighted by Gasteiger charge is 2.31. The number of rotatable bonds is 4. The van der Waals surface area contributed by atoms with Crippen LogP contribution in [0.15, 0.2) is 36.5 Å². The molecule has 1 aromatic carbocycles. The molecule has 7 heteroatoms. The zero-order chi connectivity index (χ0) is 21.6. The molecule has 1 aliphatic rings. The molecule has 0 radical (unpaired) electrons. The smallest absolute Gasteiger partial charge is 0.255 e. The minimum absolute atomic E-state index is 0.0822. The number of carbonyl (C=O) groups is 2. The molecule has 156 valence electrons. The summed E-state index contributed by atoms with van der Waals surface area (Å²) >= 11 is 0. The lowest BCUT2D eigenvalue weighted by Gasteiger charge is -2.19. The van der Waals surface area contributed by atoms with E-state index in [1.807, 2.05) is 26.8 Å². The first-order chi connectivity index (χ1) is 14.2. The minimum Gasteiger partial charge on any atom is -0.355 e. The number of pyridine rings is 1. The van der Waals surface area contributed by atoms with Crippen molar-refractivity contribution in [1.82, 2.24) is 14.9 Å². The summed E-state index contributed by atoms with van der Waals surface area (Å²) < 4.78 is 15.0. The van der Waals surface area contributed by atoms with E-state index in [4.69, 9.17) is 0 Å². The molecule has 2 N–H and O–H groups in total. The topological polar surface area (TPSA) is 75.5 Å². The van der Waals surface area contributed by atoms with Crippen LogP contribution in [0.3, 0.4) is 0 Å². The largest absolute Gasteiger partial charge is 0.355 e. The Bertz CT molecular complexity index is 1140. The van der Waals surface area contributed by atoms with Crippen molar-refractivity contribution in [1.29, 1.82) is 0 Å². The van der Waals surface area contributed by atoms with Crippen molar-refractivity contribution in [2.24, 2.45) is 5.41 Å². The molecule has 1 fully saturated rings. The first kappa shape index (κ1) is 20.1. The van der Waals surface area contributed by atoms with Gasteiger partial charge >= 0.3 is 0 Å².